The molecule has 4 heteroatoms. The van der Waals surface area contributed by atoms with E-state index in [4.69, 9.17) is 9.47 Å². The topological polar surface area (TPSA) is 38.8 Å². The van der Waals surface area contributed by atoms with Crippen molar-refractivity contribution in [2.75, 3.05) is 18.1 Å². The van der Waals surface area contributed by atoms with Gasteiger partial charge in [0.15, 0.2) is 0 Å². The molecule has 0 aromatic heterocycles. The fourth-order valence-electron chi connectivity index (χ4n) is 5.23. The molecule has 0 amide bonds. The Hall–Kier alpha value is -3.53. The second-order valence-electron chi connectivity index (χ2n) is 8.38. The minimum Gasteiger partial charge on any atom is -0.493 e. The van der Waals surface area contributed by atoms with E-state index in [9.17, 15) is 4.79 Å². The quantitative estimate of drug-likeness (QED) is 0.211. The van der Waals surface area contributed by atoms with Crippen LogP contribution < -0.4 is 9.64 Å². The number of para-hydroxylation sites is 2. The van der Waals surface area contributed by atoms with Crippen molar-refractivity contribution < 1.29 is 14.3 Å². The maximum Gasteiger partial charge on any atom is 0.330 e. The lowest BCUT2D eigenvalue weighted by Crippen LogP contribution is -2.29. The van der Waals surface area contributed by atoms with Crippen LogP contribution in [0.25, 0.3) is 0 Å². The lowest BCUT2D eigenvalue weighted by molar-refractivity contribution is -0.137. The van der Waals surface area contributed by atoms with Crippen molar-refractivity contribution in [3.8, 4) is 5.75 Å². The average Bonchev–Trinajstić information content (AvgIpc) is 2.78. The smallest absolute Gasteiger partial charge is 0.330 e. The predicted molar refractivity (Wildman–Crippen MR) is 121 cm³/mol. The van der Waals surface area contributed by atoms with E-state index in [1.807, 2.05) is 0 Å². The van der Waals surface area contributed by atoms with E-state index < -0.39 is 5.97 Å². The van der Waals surface area contributed by atoms with Crippen LogP contribution >= 0.6 is 0 Å². The first kappa shape index (κ1) is 18.3. The first-order valence-corrected chi connectivity index (χ1v) is 10.8. The molecule has 0 fully saturated rings. The number of esters is 1. The van der Waals surface area contributed by atoms with Crippen LogP contribution in [0, 0.1) is 0 Å². The number of benzene rings is 3. The number of anilines is 3. The number of carbonyl (C=O) groups excluding carboxylic acids is 1. The molecule has 0 N–H and O–H groups in total. The Morgan fingerprint density at radius 3 is 1.90 bits per heavy atom. The van der Waals surface area contributed by atoms with Gasteiger partial charge in [0, 0.05) is 31.8 Å². The first-order chi connectivity index (χ1) is 15.2. The molecule has 0 atom stereocenters. The molecule has 154 valence electrons. The van der Waals surface area contributed by atoms with Crippen LogP contribution in [-0.2, 0) is 28.8 Å². The number of hydrogen-bond acceptors (Lipinski definition) is 4. The van der Waals surface area contributed by atoms with Gasteiger partial charge in [-0.2, -0.15) is 0 Å². The summed E-state index contributed by atoms with van der Waals surface area (Å²) in [7, 11) is 0. The Labute approximate surface area is 181 Å². The standard InChI is InChI=1S/C27H23NO3/c1-2-24(29)31-11-5-10-30-23-15-21-13-19-8-3-6-17-12-18-7-4-9-20-14-22(16-23)27(21)28(25(17)19)26(18)20/h2-4,6-9,15-16H,1,5,10-14H2. The summed E-state index contributed by atoms with van der Waals surface area (Å²) in [5, 5.41) is 0. The highest BCUT2D eigenvalue weighted by molar-refractivity contribution is 5.94. The van der Waals surface area contributed by atoms with Crippen LogP contribution in [0.5, 0.6) is 5.75 Å². The molecule has 31 heavy (non-hydrogen) atoms. The fraction of sp³-hybridized carbons (Fsp3) is 0.222. The Kier molecular flexibility index (Phi) is 4.13. The van der Waals surface area contributed by atoms with Crippen LogP contribution in [0.3, 0.4) is 0 Å². The molecule has 4 nitrogen and oxygen atoms in total. The summed E-state index contributed by atoms with van der Waals surface area (Å²) >= 11 is 0. The van der Waals surface area contributed by atoms with Gasteiger partial charge in [-0.15, -0.1) is 0 Å². The van der Waals surface area contributed by atoms with Gasteiger partial charge >= 0.3 is 5.97 Å². The molecular formula is C27H23NO3. The van der Waals surface area contributed by atoms with E-state index in [1.165, 1.54) is 56.5 Å². The molecule has 3 heterocycles. The van der Waals surface area contributed by atoms with E-state index in [-0.39, 0.29) is 0 Å². The molecule has 6 rings (SSSR count). The molecule has 3 aromatic carbocycles. The highest BCUT2D eigenvalue weighted by Gasteiger charge is 2.37. The number of rotatable bonds is 6. The molecule has 0 aliphatic carbocycles. The Morgan fingerprint density at radius 2 is 1.35 bits per heavy atom. The van der Waals surface area contributed by atoms with Crippen LogP contribution in [0.4, 0.5) is 17.1 Å². The molecule has 0 bridgehead atoms. The van der Waals surface area contributed by atoms with Crippen LogP contribution in [0.1, 0.15) is 39.8 Å². The second-order valence-corrected chi connectivity index (χ2v) is 8.38. The van der Waals surface area contributed by atoms with Crippen molar-refractivity contribution in [1.82, 2.24) is 0 Å². The Balaban J connectivity index is 1.35. The van der Waals surface area contributed by atoms with E-state index in [0.29, 0.717) is 19.6 Å². The maximum atomic E-state index is 11.2. The minimum absolute atomic E-state index is 0.336. The van der Waals surface area contributed by atoms with Gasteiger partial charge in [-0.05, 0) is 45.5 Å². The average molecular weight is 409 g/mol. The summed E-state index contributed by atoms with van der Waals surface area (Å²) in [5.41, 5.74) is 12.3. The molecular weight excluding hydrogens is 386 g/mol. The third-order valence-electron chi connectivity index (χ3n) is 6.43. The van der Waals surface area contributed by atoms with E-state index in [2.05, 4.69) is 60.0 Å². The first-order valence-electron chi connectivity index (χ1n) is 10.8. The number of carbonyl (C=O) groups is 1. The zero-order valence-corrected chi connectivity index (χ0v) is 17.3. The van der Waals surface area contributed by atoms with E-state index in [0.717, 1.165) is 25.0 Å². The summed E-state index contributed by atoms with van der Waals surface area (Å²) < 4.78 is 11.1. The molecule has 3 aliphatic heterocycles. The van der Waals surface area contributed by atoms with E-state index >= 15 is 0 Å². The van der Waals surface area contributed by atoms with Gasteiger partial charge in [0.25, 0.3) is 0 Å². The Morgan fingerprint density at radius 1 is 0.839 bits per heavy atom. The molecule has 0 spiro atoms. The molecule has 0 radical (unpaired) electrons. The molecule has 0 saturated heterocycles. The van der Waals surface area contributed by atoms with Crippen molar-refractivity contribution in [3.63, 3.8) is 0 Å². The summed E-state index contributed by atoms with van der Waals surface area (Å²) in [4.78, 5) is 13.7. The third-order valence-corrected chi connectivity index (χ3v) is 6.43. The highest BCUT2D eigenvalue weighted by atomic mass is 16.5. The van der Waals surface area contributed by atoms with Gasteiger partial charge in [-0.25, -0.2) is 4.79 Å². The Bertz CT molecular complexity index is 1170. The monoisotopic (exact) mass is 409 g/mol. The molecule has 3 aromatic rings. The summed E-state index contributed by atoms with van der Waals surface area (Å²) in [5.74, 6) is 0.496. The van der Waals surface area contributed by atoms with Crippen molar-refractivity contribution in [2.45, 2.75) is 25.7 Å². The fourth-order valence-corrected chi connectivity index (χ4v) is 5.23. The van der Waals surface area contributed by atoms with Crippen molar-refractivity contribution >= 4 is 23.0 Å². The van der Waals surface area contributed by atoms with Gasteiger partial charge < -0.3 is 14.4 Å². The van der Waals surface area contributed by atoms with Crippen molar-refractivity contribution in [3.05, 3.63) is 94.6 Å². The number of hydrogen-bond donors (Lipinski definition) is 0. The molecule has 0 saturated carbocycles. The molecule has 0 unspecified atom stereocenters. The summed E-state index contributed by atoms with van der Waals surface area (Å²) in [6.07, 6.45) is 4.69. The van der Waals surface area contributed by atoms with Gasteiger partial charge in [0.05, 0.1) is 30.3 Å². The van der Waals surface area contributed by atoms with Gasteiger partial charge in [-0.1, -0.05) is 43.0 Å². The summed E-state index contributed by atoms with van der Waals surface area (Å²) in [6.45, 7) is 4.25. The lowest BCUT2D eigenvalue weighted by Gasteiger charge is -2.44. The largest absolute Gasteiger partial charge is 0.493 e. The minimum atomic E-state index is -0.393. The predicted octanol–water partition coefficient (Wildman–Crippen LogP) is 5.37. The van der Waals surface area contributed by atoms with E-state index in [1.54, 1.807) is 0 Å². The van der Waals surface area contributed by atoms with Crippen LogP contribution in [0.2, 0.25) is 0 Å². The number of ether oxygens (including phenoxy) is 2. The second kappa shape index (κ2) is 7.02. The zero-order valence-electron chi connectivity index (χ0n) is 17.3. The third kappa shape index (κ3) is 2.86. The van der Waals surface area contributed by atoms with Crippen LogP contribution in [0.15, 0.2) is 61.2 Å². The van der Waals surface area contributed by atoms with Crippen molar-refractivity contribution in [1.29, 1.82) is 0 Å². The summed E-state index contributed by atoms with van der Waals surface area (Å²) in [6, 6.07) is 17.8. The van der Waals surface area contributed by atoms with Crippen molar-refractivity contribution in [2.24, 2.45) is 0 Å². The van der Waals surface area contributed by atoms with Gasteiger partial charge in [0.2, 0.25) is 0 Å². The zero-order chi connectivity index (χ0) is 20.9. The highest BCUT2D eigenvalue weighted by Crippen LogP contribution is 2.55. The SMILES string of the molecule is C=CC(=O)OCCCOc1cc2c3c(c1)Cc1cccc4c1N3c1c(cccc1C2)C4. The number of nitrogens with zero attached hydrogens (tertiary/aromatic N) is 1. The lowest BCUT2D eigenvalue weighted by atomic mass is 9.80. The van der Waals surface area contributed by atoms with Gasteiger partial charge in [0.1, 0.15) is 5.75 Å². The molecule has 3 aliphatic rings. The van der Waals surface area contributed by atoms with Gasteiger partial charge in [-0.3, -0.25) is 0 Å². The van der Waals surface area contributed by atoms with Crippen LogP contribution in [-0.4, -0.2) is 19.2 Å². The normalized spacial score (nSPS) is 14.0. The maximum absolute atomic E-state index is 11.2.